The summed E-state index contributed by atoms with van der Waals surface area (Å²) in [6, 6.07) is 10.7. The highest BCUT2D eigenvalue weighted by Gasteiger charge is 2.08. The number of thiophene rings is 1. The third-order valence-electron chi connectivity index (χ3n) is 2.02. The van der Waals surface area contributed by atoms with Crippen molar-refractivity contribution in [3.05, 3.63) is 41.8 Å². The van der Waals surface area contributed by atoms with E-state index in [0.29, 0.717) is 4.90 Å². The molecule has 0 amide bonds. The molecule has 0 aliphatic rings. The van der Waals surface area contributed by atoms with Crippen LogP contribution >= 0.6 is 11.3 Å². The molecule has 1 aromatic carbocycles. The predicted octanol–water partition coefficient (Wildman–Crippen LogP) is 2.62. The van der Waals surface area contributed by atoms with E-state index in [-0.39, 0.29) is 0 Å². The van der Waals surface area contributed by atoms with E-state index in [0.717, 1.165) is 10.4 Å². The van der Waals surface area contributed by atoms with E-state index in [4.69, 9.17) is 0 Å². The van der Waals surface area contributed by atoms with Gasteiger partial charge in [0.05, 0.1) is 4.90 Å². The molecule has 77 valence electrons. The molecule has 0 saturated heterocycles. The minimum absolute atomic E-state index is 0.355. The second-order valence-electron chi connectivity index (χ2n) is 3.22. The summed E-state index contributed by atoms with van der Waals surface area (Å²) in [6.07, 6.45) is 1.21. The largest absolute Gasteiger partial charge is 0.224 e. The van der Waals surface area contributed by atoms with Crippen LogP contribution in [-0.2, 0) is 9.84 Å². The number of hydrogen-bond acceptors (Lipinski definition) is 3. The van der Waals surface area contributed by atoms with E-state index < -0.39 is 9.84 Å². The maximum atomic E-state index is 11.4. The quantitative estimate of drug-likeness (QED) is 0.804. The molecule has 0 unspecified atom stereocenters. The zero-order valence-corrected chi connectivity index (χ0v) is 9.73. The van der Waals surface area contributed by atoms with E-state index in [9.17, 15) is 8.42 Å². The molecule has 0 aliphatic heterocycles. The van der Waals surface area contributed by atoms with E-state index in [1.165, 1.54) is 17.6 Å². The molecule has 0 saturated carbocycles. The number of benzene rings is 1. The lowest BCUT2D eigenvalue weighted by atomic mass is 10.2. The molecule has 0 atom stereocenters. The van der Waals surface area contributed by atoms with Crippen molar-refractivity contribution in [2.75, 3.05) is 6.26 Å². The lowest BCUT2D eigenvalue weighted by Gasteiger charge is -2.01. The molecule has 2 rings (SSSR count). The van der Waals surface area contributed by atoms with Gasteiger partial charge in [-0.15, -0.1) is 11.3 Å². The summed E-state index contributed by atoms with van der Waals surface area (Å²) in [7, 11) is -3.12. The Morgan fingerprint density at radius 1 is 1.27 bits per heavy atom. The number of rotatable bonds is 2. The van der Waals surface area contributed by atoms with Crippen LogP contribution in [0.4, 0.5) is 0 Å². The molecule has 15 heavy (non-hydrogen) atoms. The first-order valence-electron chi connectivity index (χ1n) is 4.34. The molecule has 0 aliphatic carbocycles. The Morgan fingerprint density at radius 2 is 2.07 bits per heavy atom. The molecule has 0 bridgehead atoms. The summed E-state index contributed by atoms with van der Waals surface area (Å²) in [5.41, 5.74) is 0.921. The first kappa shape index (κ1) is 10.4. The van der Waals surface area contributed by atoms with Gasteiger partial charge in [0.2, 0.25) is 0 Å². The molecule has 1 radical (unpaired) electrons. The SMILES string of the molecule is CS(=O)(=O)c1cccc(-c2cc[c]s2)c1. The Labute approximate surface area is 93.1 Å². The molecule has 0 fully saturated rings. The maximum Gasteiger partial charge on any atom is 0.175 e. The summed E-state index contributed by atoms with van der Waals surface area (Å²) in [5, 5.41) is 2.98. The van der Waals surface area contributed by atoms with Crippen LogP contribution < -0.4 is 0 Å². The highest BCUT2D eigenvalue weighted by molar-refractivity contribution is 7.90. The van der Waals surface area contributed by atoms with Crippen molar-refractivity contribution < 1.29 is 8.42 Å². The number of sulfone groups is 1. The van der Waals surface area contributed by atoms with Gasteiger partial charge in [0.15, 0.2) is 9.84 Å². The molecule has 0 spiro atoms. The molecule has 2 nitrogen and oxygen atoms in total. The molecule has 1 aromatic heterocycles. The van der Waals surface area contributed by atoms with Gasteiger partial charge >= 0.3 is 0 Å². The van der Waals surface area contributed by atoms with Crippen LogP contribution in [0.3, 0.4) is 0 Å². The van der Waals surface area contributed by atoms with Crippen LogP contribution in [0.5, 0.6) is 0 Å². The monoisotopic (exact) mass is 237 g/mol. The predicted molar refractivity (Wildman–Crippen MR) is 61.7 cm³/mol. The van der Waals surface area contributed by atoms with Crippen molar-refractivity contribution in [1.29, 1.82) is 0 Å². The third-order valence-corrected chi connectivity index (χ3v) is 3.97. The minimum atomic E-state index is -3.12. The highest BCUT2D eigenvalue weighted by Crippen LogP contribution is 2.26. The van der Waals surface area contributed by atoms with Crippen molar-refractivity contribution in [2.24, 2.45) is 0 Å². The van der Waals surface area contributed by atoms with Crippen molar-refractivity contribution in [3.8, 4) is 10.4 Å². The fourth-order valence-corrected chi connectivity index (χ4v) is 2.59. The average molecular weight is 237 g/mol. The standard InChI is InChI=1S/C11H9O2S2/c1-15(12,13)10-5-2-4-9(8-10)11-6-3-7-14-11/h2-6,8H,1H3. The van der Waals surface area contributed by atoms with E-state index in [1.807, 2.05) is 18.2 Å². The zero-order valence-electron chi connectivity index (χ0n) is 8.10. The summed E-state index contributed by atoms with van der Waals surface area (Å²) < 4.78 is 22.7. The molecular weight excluding hydrogens is 228 g/mol. The Morgan fingerprint density at radius 3 is 2.67 bits per heavy atom. The van der Waals surface area contributed by atoms with Gasteiger partial charge in [0, 0.05) is 16.5 Å². The fraction of sp³-hybridized carbons (Fsp3) is 0.0909. The van der Waals surface area contributed by atoms with Crippen molar-refractivity contribution >= 4 is 21.2 Å². The van der Waals surface area contributed by atoms with E-state index in [2.05, 4.69) is 5.38 Å². The second-order valence-corrected chi connectivity index (χ2v) is 6.11. The second kappa shape index (κ2) is 3.79. The van der Waals surface area contributed by atoms with E-state index in [1.54, 1.807) is 18.2 Å². The van der Waals surface area contributed by atoms with Crippen molar-refractivity contribution in [2.45, 2.75) is 4.90 Å². The summed E-state index contributed by atoms with van der Waals surface area (Å²) in [6.45, 7) is 0. The van der Waals surface area contributed by atoms with Gasteiger partial charge in [0.25, 0.3) is 0 Å². The summed E-state index contributed by atoms with van der Waals surface area (Å²) >= 11 is 1.48. The minimum Gasteiger partial charge on any atom is -0.224 e. The number of hydrogen-bond donors (Lipinski definition) is 0. The normalized spacial score (nSPS) is 11.5. The van der Waals surface area contributed by atoms with Gasteiger partial charge in [-0.25, -0.2) is 8.42 Å². The van der Waals surface area contributed by atoms with E-state index >= 15 is 0 Å². The first-order chi connectivity index (χ1) is 7.07. The third kappa shape index (κ3) is 2.27. The highest BCUT2D eigenvalue weighted by atomic mass is 32.2. The van der Waals surface area contributed by atoms with Gasteiger partial charge in [-0.1, -0.05) is 12.1 Å². The van der Waals surface area contributed by atoms with Crippen LogP contribution in [0.25, 0.3) is 10.4 Å². The van der Waals surface area contributed by atoms with Gasteiger partial charge in [-0.3, -0.25) is 0 Å². The fourth-order valence-electron chi connectivity index (χ4n) is 1.28. The first-order valence-corrected chi connectivity index (χ1v) is 7.04. The van der Waals surface area contributed by atoms with Crippen molar-refractivity contribution in [1.82, 2.24) is 0 Å². The topological polar surface area (TPSA) is 34.1 Å². The van der Waals surface area contributed by atoms with Crippen LogP contribution in [0.15, 0.2) is 41.3 Å². The van der Waals surface area contributed by atoms with Crippen LogP contribution in [0.1, 0.15) is 0 Å². The van der Waals surface area contributed by atoms with Crippen molar-refractivity contribution in [3.63, 3.8) is 0 Å². The molecule has 2 aromatic rings. The molecular formula is C11H9O2S2. The van der Waals surface area contributed by atoms with Crippen LogP contribution in [0, 0.1) is 5.38 Å². The average Bonchev–Trinajstić information content (AvgIpc) is 2.69. The van der Waals surface area contributed by atoms with Crippen LogP contribution in [-0.4, -0.2) is 14.7 Å². The Kier molecular flexibility index (Phi) is 2.63. The molecule has 0 N–H and O–H groups in total. The van der Waals surface area contributed by atoms with Gasteiger partial charge in [0.1, 0.15) is 0 Å². The van der Waals surface area contributed by atoms with Crippen LogP contribution in [0.2, 0.25) is 0 Å². The van der Waals surface area contributed by atoms with Gasteiger partial charge < -0.3 is 0 Å². The zero-order chi connectivity index (χ0) is 10.9. The lowest BCUT2D eigenvalue weighted by molar-refractivity contribution is 0.602. The maximum absolute atomic E-state index is 11.4. The Bertz CT molecular complexity index is 554. The van der Waals surface area contributed by atoms with Gasteiger partial charge in [-0.05, 0) is 29.8 Å². The molecule has 1 heterocycles. The smallest absolute Gasteiger partial charge is 0.175 e. The van der Waals surface area contributed by atoms with Gasteiger partial charge in [-0.2, -0.15) is 0 Å². The Hall–Kier alpha value is -1.13. The Balaban J connectivity index is 2.53. The molecule has 4 heteroatoms. The summed E-state index contributed by atoms with van der Waals surface area (Å²) in [5.74, 6) is 0. The summed E-state index contributed by atoms with van der Waals surface area (Å²) in [4.78, 5) is 1.38. The lowest BCUT2D eigenvalue weighted by Crippen LogP contribution is -1.96.